The van der Waals surface area contributed by atoms with Crippen molar-refractivity contribution in [1.82, 2.24) is 24.5 Å². The van der Waals surface area contributed by atoms with Gasteiger partial charge in [0.2, 0.25) is 0 Å². The molecule has 350 valence electrons. The molecule has 66 heavy (non-hydrogen) atoms. The third-order valence-electron chi connectivity index (χ3n) is 12.7. The first kappa shape index (κ1) is 45.7. The predicted molar refractivity (Wildman–Crippen MR) is 253 cm³/mol. The molecule has 3 N–H and O–H groups in total. The summed E-state index contributed by atoms with van der Waals surface area (Å²) in [6.07, 6.45) is 6.27. The fourth-order valence-electron chi connectivity index (χ4n) is 9.01. The SMILES string of the molecule is CC1(C)CCC(CN2CCN(c3ccc(C(=O)NS(=O)(=O)c4ccc(NCC5COCCO5)c([N+](=O)[O-])c4)c(Oc4cnc5[nH]ccc5c4)c3)CC2)=C(c2cc(CN3CCOCC3)cs2)C1. The Morgan fingerprint density at radius 1 is 0.985 bits per heavy atom. The number of hydrogen-bond acceptors (Lipinski definition) is 15. The molecule has 3 saturated heterocycles. The van der Waals surface area contributed by atoms with Gasteiger partial charge in [-0.25, -0.2) is 18.1 Å². The second-order valence-electron chi connectivity index (χ2n) is 18.1. The number of rotatable bonds is 15. The van der Waals surface area contributed by atoms with Crippen LogP contribution in [0.2, 0.25) is 0 Å². The van der Waals surface area contributed by atoms with Crippen molar-refractivity contribution in [2.45, 2.75) is 50.7 Å². The summed E-state index contributed by atoms with van der Waals surface area (Å²) in [7, 11) is -4.58. The van der Waals surface area contributed by atoms with Crippen LogP contribution in [0.15, 0.2) is 82.8 Å². The lowest BCUT2D eigenvalue weighted by atomic mass is 9.73. The van der Waals surface area contributed by atoms with Crippen molar-refractivity contribution in [3.05, 3.63) is 104 Å². The fourth-order valence-corrected chi connectivity index (χ4v) is 11.0. The number of amides is 1. The smallest absolute Gasteiger partial charge is 0.293 e. The Kier molecular flexibility index (Phi) is 13.7. The maximum atomic E-state index is 14.0. The molecule has 17 nitrogen and oxygen atoms in total. The highest BCUT2D eigenvalue weighted by molar-refractivity contribution is 7.90. The summed E-state index contributed by atoms with van der Waals surface area (Å²) in [5.74, 6) is -0.485. The second kappa shape index (κ2) is 19.8. The van der Waals surface area contributed by atoms with E-state index < -0.39 is 31.4 Å². The van der Waals surface area contributed by atoms with Gasteiger partial charge in [0, 0.05) is 93.2 Å². The molecule has 0 spiro atoms. The highest BCUT2D eigenvalue weighted by atomic mass is 32.2. The number of nitrogens with one attached hydrogen (secondary N) is 3. The average Bonchev–Trinajstić information content (AvgIpc) is 3.99. The summed E-state index contributed by atoms with van der Waals surface area (Å²) >= 11 is 1.87. The van der Waals surface area contributed by atoms with E-state index in [4.69, 9.17) is 18.9 Å². The van der Waals surface area contributed by atoms with E-state index in [0.29, 0.717) is 31.2 Å². The predicted octanol–water partition coefficient (Wildman–Crippen LogP) is 6.89. The van der Waals surface area contributed by atoms with Gasteiger partial charge >= 0.3 is 0 Å². The maximum Gasteiger partial charge on any atom is 0.293 e. The molecule has 19 heteroatoms. The van der Waals surface area contributed by atoms with Crippen molar-refractivity contribution >= 4 is 60.9 Å². The zero-order chi connectivity index (χ0) is 45.8. The number of nitrogens with zero attached hydrogens (tertiary/aromatic N) is 5. The van der Waals surface area contributed by atoms with E-state index in [1.54, 1.807) is 30.5 Å². The Morgan fingerprint density at radius 2 is 1.80 bits per heavy atom. The van der Waals surface area contributed by atoms with E-state index in [-0.39, 0.29) is 35.1 Å². The van der Waals surface area contributed by atoms with E-state index in [0.717, 1.165) is 102 Å². The van der Waals surface area contributed by atoms with Gasteiger partial charge < -0.3 is 34.1 Å². The highest BCUT2D eigenvalue weighted by Crippen LogP contribution is 2.45. The van der Waals surface area contributed by atoms with E-state index in [9.17, 15) is 23.3 Å². The van der Waals surface area contributed by atoms with Gasteiger partial charge in [0.15, 0.2) is 0 Å². The molecule has 1 unspecified atom stereocenters. The number of piperazine rings is 1. The summed E-state index contributed by atoms with van der Waals surface area (Å²) in [5, 5.41) is 18.2. The van der Waals surface area contributed by atoms with Crippen LogP contribution in [0, 0.1) is 15.5 Å². The number of allylic oxidation sites excluding steroid dienone is 1. The van der Waals surface area contributed by atoms with Gasteiger partial charge in [0.25, 0.3) is 21.6 Å². The zero-order valence-corrected chi connectivity index (χ0v) is 38.9. The first-order valence-corrected chi connectivity index (χ1v) is 24.8. The average molecular weight is 941 g/mol. The van der Waals surface area contributed by atoms with Gasteiger partial charge in [-0.2, -0.15) is 0 Å². The summed E-state index contributed by atoms with van der Waals surface area (Å²) in [4.78, 5) is 41.0. The van der Waals surface area contributed by atoms with Crippen LogP contribution in [0.5, 0.6) is 11.5 Å². The van der Waals surface area contributed by atoms with Crippen LogP contribution in [0.3, 0.4) is 0 Å². The lowest BCUT2D eigenvalue weighted by molar-refractivity contribution is -0.384. The van der Waals surface area contributed by atoms with Crippen molar-refractivity contribution in [1.29, 1.82) is 0 Å². The normalized spacial score (nSPS) is 19.8. The minimum atomic E-state index is -4.58. The number of sulfonamides is 1. The molecule has 3 aromatic heterocycles. The molecule has 5 aromatic rings. The molecule has 3 fully saturated rings. The van der Waals surface area contributed by atoms with Crippen LogP contribution in [0.1, 0.15) is 53.9 Å². The minimum absolute atomic E-state index is 0.0426. The zero-order valence-electron chi connectivity index (χ0n) is 37.3. The molecule has 1 aliphatic carbocycles. The van der Waals surface area contributed by atoms with Crippen molar-refractivity contribution in [3.63, 3.8) is 0 Å². The van der Waals surface area contributed by atoms with Crippen molar-refractivity contribution in [2.24, 2.45) is 5.41 Å². The molecule has 1 atom stereocenters. The van der Waals surface area contributed by atoms with Gasteiger partial charge in [-0.1, -0.05) is 19.4 Å². The first-order valence-electron chi connectivity index (χ1n) is 22.5. The number of aromatic nitrogens is 2. The van der Waals surface area contributed by atoms with Gasteiger partial charge in [0.1, 0.15) is 22.8 Å². The Balaban J connectivity index is 0.908. The number of fused-ring (bicyclic) bond motifs is 1. The van der Waals surface area contributed by atoms with Crippen molar-refractivity contribution < 1.29 is 37.1 Å². The van der Waals surface area contributed by atoms with Gasteiger partial charge in [-0.3, -0.25) is 24.7 Å². The third kappa shape index (κ3) is 10.9. The van der Waals surface area contributed by atoms with Crippen LogP contribution in [0.4, 0.5) is 17.1 Å². The molecule has 4 aliphatic rings. The van der Waals surface area contributed by atoms with E-state index >= 15 is 0 Å². The van der Waals surface area contributed by atoms with Crippen LogP contribution >= 0.6 is 11.3 Å². The number of carbonyl (C=O) groups is 1. The van der Waals surface area contributed by atoms with E-state index in [1.807, 2.05) is 17.4 Å². The number of morpholine rings is 1. The number of nitro benzene ring substituents is 1. The molecule has 3 aliphatic heterocycles. The summed E-state index contributed by atoms with van der Waals surface area (Å²) < 4.78 is 52.4. The Hall–Kier alpha value is -5.41. The van der Waals surface area contributed by atoms with Gasteiger partial charge in [-0.15, -0.1) is 11.3 Å². The van der Waals surface area contributed by atoms with Crippen LogP contribution in [0.25, 0.3) is 16.6 Å². The van der Waals surface area contributed by atoms with Crippen molar-refractivity contribution in [3.8, 4) is 11.5 Å². The number of ether oxygens (including phenoxy) is 4. The number of benzene rings is 2. The summed E-state index contributed by atoms with van der Waals surface area (Å²) in [5.41, 5.74) is 5.71. The molecule has 9 rings (SSSR count). The molecule has 6 heterocycles. The lowest BCUT2D eigenvalue weighted by Gasteiger charge is -2.39. The summed E-state index contributed by atoms with van der Waals surface area (Å²) in [6, 6.07) is 14.6. The quantitative estimate of drug-likeness (QED) is 0.0726. The van der Waals surface area contributed by atoms with E-state index in [1.165, 1.54) is 39.9 Å². The summed E-state index contributed by atoms with van der Waals surface area (Å²) in [6.45, 7) is 14.7. The largest absolute Gasteiger partial charge is 0.455 e. The van der Waals surface area contributed by atoms with E-state index in [2.05, 4.69) is 60.0 Å². The van der Waals surface area contributed by atoms with Gasteiger partial charge in [0.05, 0.1) is 60.7 Å². The van der Waals surface area contributed by atoms with Crippen LogP contribution in [-0.4, -0.2) is 131 Å². The molecular formula is C47H56N8O9S2. The number of anilines is 2. The monoisotopic (exact) mass is 940 g/mol. The molecule has 1 amide bonds. The Bertz CT molecular complexity index is 2700. The number of nitro groups is 1. The lowest BCUT2D eigenvalue weighted by Crippen LogP contribution is -2.47. The molecule has 2 aromatic carbocycles. The number of carbonyl (C=O) groups excluding carboxylic acids is 1. The first-order chi connectivity index (χ1) is 31.9. The topological polar surface area (TPSA) is 194 Å². The molecular weight excluding hydrogens is 885 g/mol. The van der Waals surface area contributed by atoms with Crippen LogP contribution < -0.4 is 19.7 Å². The number of H-pyrrole nitrogens is 1. The third-order valence-corrected chi connectivity index (χ3v) is 15.1. The van der Waals surface area contributed by atoms with Crippen LogP contribution in [-0.2, 0) is 30.8 Å². The molecule has 0 saturated carbocycles. The standard InChI is InChI=1S/C47H56N8O9S2/c1-47(2)9-7-34(40(25-47)44-21-32(31-65-44)28-53-15-17-61-18-16-53)29-52-11-13-54(14-12-52)35-3-5-39(43(23-35)64-36-22-33-8-10-48-45(33)50-26-36)46(56)51-66(59,60)38-4-6-41(42(24-38)55(57)58)49-27-37-30-62-19-20-63-37/h3-6,8,10,21-24,26,31,37,49H,7,9,11-20,25,27-30H2,1-2H3,(H,48,50)(H,51,56). The molecule has 0 bridgehead atoms. The van der Waals surface area contributed by atoms with Crippen molar-refractivity contribution in [2.75, 3.05) is 95.6 Å². The second-order valence-corrected chi connectivity index (χ2v) is 20.7. The Morgan fingerprint density at radius 3 is 2.59 bits per heavy atom. The number of aromatic amines is 1. The Labute approximate surface area is 388 Å². The highest BCUT2D eigenvalue weighted by Gasteiger charge is 2.31. The fraction of sp³-hybridized carbons (Fsp3) is 0.447. The minimum Gasteiger partial charge on any atom is -0.455 e. The number of thiophene rings is 1. The number of hydrogen-bond donors (Lipinski definition) is 3. The van der Waals surface area contributed by atoms with Gasteiger partial charge in [-0.05, 0) is 83.7 Å². The maximum absolute atomic E-state index is 14.0. The number of pyridine rings is 1. The molecule has 0 radical (unpaired) electrons.